The van der Waals surface area contributed by atoms with E-state index in [0.717, 1.165) is 17.8 Å². The Kier molecular flexibility index (Phi) is 9.21. The van der Waals surface area contributed by atoms with Gasteiger partial charge >= 0.3 is 5.97 Å². The van der Waals surface area contributed by atoms with Crippen LogP contribution in [0, 0.1) is 19.8 Å². The molecule has 0 spiro atoms. The van der Waals surface area contributed by atoms with E-state index in [-0.39, 0.29) is 23.0 Å². The molecule has 8 nitrogen and oxygen atoms in total. The number of rotatable bonds is 11. The van der Waals surface area contributed by atoms with E-state index in [9.17, 15) is 14.7 Å². The van der Waals surface area contributed by atoms with E-state index in [1.165, 1.54) is 14.2 Å². The summed E-state index contributed by atoms with van der Waals surface area (Å²) < 4.78 is 12.7. The van der Waals surface area contributed by atoms with Gasteiger partial charge < -0.3 is 24.0 Å². The zero-order valence-electron chi connectivity index (χ0n) is 22.2. The molecule has 198 valence electrons. The maximum Gasteiger partial charge on any atom is 0.336 e. The van der Waals surface area contributed by atoms with Crippen LogP contribution in [0.25, 0.3) is 0 Å². The lowest BCUT2D eigenvalue weighted by atomic mass is 10.1. The van der Waals surface area contributed by atoms with E-state index in [2.05, 4.69) is 13.8 Å². The van der Waals surface area contributed by atoms with Crippen molar-refractivity contribution in [1.29, 1.82) is 0 Å². The van der Waals surface area contributed by atoms with Crippen molar-refractivity contribution in [3.63, 3.8) is 0 Å². The third-order valence-electron chi connectivity index (χ3n) is 6.42. The van der Waals surface area contributed by atoms with Crippen LogP contribution in [0.3, 0.4) is 0 Å². The van der Waals surface area contributed by atoms with Gasteiger partial charge in [-0.15, -0.1) is 0 Å². The molecule has 0 aliphatic heterocycles. The lowest BCUT2D eigenvalue weighted by Crippen LogP contribution is -2.33. The van der Waals surface area contributed by atoms with Crippen LogP contribution in [-0.2, 0) is 13.1 Å². The van der Waals surface area contributed by atoms with Crippen molar-refractivity contribution >= 4 is 23.5 Å². The van der Waals surface area contributed by atoms with Gasteiger partial charge in [-0.05, 0) is 49.9 Å². The van der Waals surface area contributed by atoms with Crippen molar-refractivity contribution in [1.82, 2.24) is 14.5 Å². The summed E-state index contributed by atoms with van der Waals surface area (Å²) in [5.41, 5.74) is 2.95. The second-order valence-corrected chi connectivity index (χ2v) is 9.70. The van der Waals surface area contributed by atoms with Crippen molar-refractivity contribution in [3.8, 4) is 11.5 Å². The SMILES string of the molecule is COc1ccc(C(=O)N(CCC(C)C)Cc2nc(C)c(C)n2Cc2ccccc2C(=O)O)c(Cl)c1OC. The molecular weight excluding hydrogens is 494 g/mol. The Morgan fingerprint density at radius 1 is 1.08 bits per heavy atom. The van der Waals surface area contributed by atoms with Crippen molar-refractivity contribution in [2.24, 2.45) is 5.92 Å². The molecule has 1 aromatic heterocycles. The van der Waals surface area contributed by atoms with Gasteiger partial charge in [-0.2, -0.15) is 0 Å². The molecule has 0 aliphatic carbocycles. The molecule has 0 saturated heterocycles. The van der Waals surface area contributed by atoms with Gasteiger partial charge in [0.2, 0.25) is 0 Å². The number of carbonyl (C=O) groups excluding carboxylic acids is 1. The molecule has 1 N–H and O–H groups in total. The first kappa shape index (κ1) is 28.1. The number of ether oxygens (including phenoxy) is 2. The van der Waals surface area contributed by atoms with Crippen LogP contribution in [0.5, 0.6) is 11.5 Å². The number of aryl methyl sites for hydroxylation is 1. The third kappa shape index (κ3) is 6.25. The topological polar surface area (TPSA) is 93.9 Å². The van der Waals surface area contributed by atoms with Crippen LogP contribution in [0.4, 0.5) is 0 Å². The van der Waals surface area contributed by atoms with Gasteiger partial charge in [-0.1, -0.05) is 43.6 Å². The van der Waals surface area contributed by atoms with Crippen molar-refractivity contribution in [2.45, 2.75) is 47.2 Å². The first-order valence-corrected chi connectivity index (χ1v) is 12.5. The Labute approximate surface area is 222 Å². The van der Waals surface area contributed by atoms with Crippen molar-refractivity contribution < 1.29 is 24.2 Å². The monoisotopic (exact) mass is 527 g/mol. The number of aromatic carboxylic acids is 1. The van der Waals surface area contributed by atoms with Gasteiger partial charge in [0.25, 0.3) is 5.91 Å². The summed E-state index contributed by atoms with van der Waals surface area (Å²) in [4.78, 5) is 32.0. The minimum absolute atomic E-state index is 0.187. The molecule has 9 heteroatoms. The summed E-state index contributed by atoms with van der Waals surface area (Å²) in [5.74, 6) is 0.561. The number of carbonyl (C=O) groups is 2. The Morgan fingerprint density at radius 2 is 1.78 bits per heavy atom. The molecule has 0 atom stereocenters. The van der Waals surface area contributed by atoms with Crippen LogP contribution in [0.15, 0.2) is 36.4 Å². The number of halogens is 1. The minimum atomic E-state index is -0.983. The zero-order valence-corrected chi connectivity index (χ0v) is 22.9. The molecule has 0 aliphatic rings. The lowest BCUT2D eigenvalue weighted by Gasteiger charge is -2.25. The number of imidazole rings is 1. The Hall–Kier alpha value is -3.52. The van der Waals surface area contributed by atoms with Crippen LogP contribution in [0.1, 0.15) is 63.8 Å². The fourth-order valence-corrected chi connectivity index (χ4v) is 4.47. The molecule has 0 radical (unpaired) electrons. The number of nitrogens with zero attached hydrogens (tertiary/aromatic N) is 3. The number of benzene rings is 2. The predicted octanol–water partition coefficient (Wildman–Crippen LogP) is 5.61. The van der Waals surface area contributed by atoms with E-state index in [4.69, 9.17) is 26.1 Å². The van der Waals surface area contributed by atoms with Crippen LogP contribution in [0.2, 0.25) is 5.02 Å². The molecule has 0 fully saturated rings. The Balaban J connectivity index is 2.01. The number of aromatic nitrogens is 2. The number of carboxylic acids is 1. The molecule has 0 saturated carbocycles. The second kappa shape index (κ2) is 12.1. The van der Waals surface area contributed by atoms with E-state index < -0.39 is 5.97 Å². The first-order valence-electron chi connectivity index (χ1n) is 12.1. The smallest absolute Gasteiger partial charge is 0.336 e. The van der Waals surface area contributed by atoms with Gasteiger partial charge in [-0.25, -0.2) is 9.78 Å². The molecule has 0 unspecified atom stereocenters. The Bertz CT molecular complexity index is 1290. The number of methoxy groups -OCH3 is 2. The van der Waals surface area contributed by atoms with Crippen LogP contribution in [-0.4, -0.2) is 52.2 Å². The molecule has 1 heterocycles. The van der Waals surface area contributed by atoms with E-state index in [1.54, 1.807) is 35.2 Å². The van der Waals surface area contributed by atoms with E-state index in [1.807, 2.05) is 24.5 Å². The maximum atomic E-state index is 13.8. The Morgan fingerprint density at radius 3 is 2.41 bits per heavy atom. The van der Waals surface area contributed by atoms with Gasteiger partial charge in [-0.3, -0.25) is 4.79 Å². The molecular formula is C28H34ClN3O5. The fraction of sp³-hybridized carbons (Fsp3) is 0.393. The highest BCUT2D eigenvalue weighted by Crippen LogP contribution is 2.38. The second-order valence-electron chi connectivity index (χ2n) is 9.32. The van der Waals surface area contributed by atoms with E-state index in [0.29, 0.717) is 47.5 Å². The van der Waals surface area contributed by atoms with Gasteiger partial charge in [0, 0.05) is 18.8 Å². The first-order chi connectivity index (χ1) is 17.6. The average Bonchev–Trinajstić information content (AvgIpc) is 3.13. The highest BCUT2D eigenvalue weighted by molar-refractivity contribution is 6.35. The van der Waals surface area contributed by atoms with Crippen LogP contribution < -0.4 is 9.47 Å². The normalized spacial score (nSPS) is 11.0. The number of hydrogen-bond donors (Lipinski definition) is 1. The highest BCUT2D eigenvalue weighted by atomic mass is 35.5. The summed E-state index contributed by atoms with van der Waals surface area (Å²) in [5, 5.41) is 9.84. The van der Waals surface area contributed by atoms with Crippen molar-refractivity contribution in [3.05, 3.63) is 75.3 Å². The molecule has 1 amide bonds. The number of carboxylic acid groups (broad SMARTS) is 1. The van der Waals surface area contributed by atoms with Crippen molar-refractivity contribution in [2.75, 3.05) is 20.8 Å². The number of hydrogen-bond acceptors (Lipinski definition) is 5. The van der Waals surface area contributed by atoms with Gasteiger partial charge in [0.15, 0.2) is 11.5 Å². The largest absolute Gasteiger partial charge is 0.493 e. The van der Waals surface area contributed by atoms with Gasteiger partial charge in [0.1, 0.15) is 5.82 Å². The molecule has 0 bridgehead atoms. The summed E-state index contributed by atoms with van der Waals surface area (Å²) in [6.07, 6.45) is 0.789. The maximum absolute atomic E-state index is 13.8. The average molecular weight is 528 g/mol. The summed E-state index contributed by atoms with van der Waals surface area (Å²) in [6, 6.07) is 10.2. The molecule has 2 aromatic carbocycles. The predicted molar refractivity (Wildman–Crippen MR) is 143 cm³/mol. The molecule has 3 aromatic rings. The quantitative estimate of drug-likeness (QED) is 0.348. The van der Waals surface area contributed by atoms with Crippen LogP contribution >= 0.6 is 11.6 Å². The van der Waals surface area contributed by atoms with E-state index >= 15 is 0 Å². The van der Waals surface area contributed by atoms with Gasteiger partial charge in [0.05, 0.1) is 42.6 Å². The summed E-state index contributed by atoms with van der Waals surface area (Å²) in [7, 11) is 2.99. The summed E-state index contributed by atoms with van der Waals surface area (Å²) in [6.45, 7) is 9.12. The molecule has 37 heavy (non-hydrogen) atoms. The standard InChI is InChI=1S/C28H34ClN3O5/c1-17(2)13-14-31(27(33)22-11-12-23(36-5)26(37-6)25(22)29)16-24-30-18(3)19(4)32(24)15-20-9-7-8-10-21(20)28(34)35/h7-12,17H,13-16H2,1-6H3,(H,34,35). The summed E-state index contributed by atoms with van der Waals surface area (Å²) >= 11 is 6.58. The third-order valence-corrected chi connectivity index (χ3v) is 6.80. The highest BCUT2D eigenvalue weighted by Gasteiger charge is 2.25. The number of amides is 1. The zero-order chi connectivity index (χ0) is 27.3. The fourth-order valence-electron chi connectivity index (χ4n) is 4.15. The lowest BCUT2D eigenvalue weighted by molar-refractivity contribution is 0.0694. The minimum Gasteiger partial charge on any atom is -0.493 e. The molecule has 3 rings (SSSR count).